The van der Waals surface area contributed by atoms with Gasteiger partial charge in [0.05, 0.1) is 13.2 Å². The topological polar surface area (TPSA) is 68.4 Å². The van der Waals surface area contributed by atoms with Gasteiger partial charge in [0.1, 0.15) is 5.82 Å². The monoisotopic (exact) mass is 196 g/mol. The number of rotatable bonds is 4. The fourth-order valence-electron chi connectivity index (χ4n) is 0.826. The first-order chi connectivity index (χ1) is 6.53. The van der Waals surface area contributed by atoms with Crippen molar-refractivity contribution in [2.45, 2.75) is 13.8 Å². The van der Waals surface area contributed by atoms with Crippen molar-refractivity contribution in [3.63, 3.8) is 0 Å². The van der Waals surface area contributed by atoms with Gasteiger partial charge in [-0.25, -0.2) is 0 Å². The number of anilines is 1. The van der Waals surface area contributed by atoms with E-state index in [-0.39, 0.29) is 12.0 Å². The molecule has 0 unspecified atom stereocenters. The Balaban J connectivity index is 2.54. The van der Waals surface area contributed by atoms with Crippen LogP contribution < -0.4 is 10.5 Å². The van der Waals surface area contributed by atoms with E-state index in [0.29, 0.717) is 18.3 Å². The number of hydrogen-bond acceptors (Lipinski definition) is 4. The maximum atomic E-state index is 9.00. The number of ether oxygens (including phenoxy) is 1. The van der Waals surface area contributed by atoms with Crippen LogP contribution in [-0.2, 0) is 0 Å². The van der Waals surface area contributed by atoms with Crippen LogP contribution in [0.2, 0.25) is 0 Å². The van der Waals surface area contributed by atoms with Crippen LogP contribution in [-0.4, -0.2) is 23.3 Å². The maximum Gasteiger partial charge on any atom is 0.215 e. The summed E-state index contributed by atoms with van der Waals surface area (Å²) in [7, 11) is 0. The number of nitrogens with zero attached hydrogens (tertiary/aromatic N) is 1. The van der Waals surface area contributed by atoms with Gasteiger partial charge >= 0.3 is 0 Å². The van der Waals surface area contributed by atoms with Gasteiger partial charge in [0.15, 0.2) is 0 Å². The predicted molar refractivity (Wildman–Crippen MR) is 55.0 cm³/mol. The molecule has 3 N–H and O–H groups in total. The first kappa shape index (κ1) is 10.8. The van der Waals surface area contributed by atoms with Crippen LogP contribution in [0.3, 0.4) is 0 Å². The Hall–Kier alpha value is -1.29. The third-order valence-electron chi connectivity index (χ3n) is 1.78. The summed E-state index contributed by atoms with van der Waals surface area (Å²) >= 11 is 0. The van der Waals surface area contributed by atoms with Crippen molar-refractivity contribution in [3.05, 3.63) is 18.2 Å². The first-order valence-electron chi connectivity index (χ1n) is 4.50. The van der Waals surface area contributed by atoms with Gasteiger partial charge in [-0.3, -0.25) is 0 Å². The molecule has 0 atom stereocenters. The fourth-order valence-corrected chi connectivity index (χ4v) is 0.826. The Kier molecular flexibility index (Phi) is 3.30. The van der Waals surface area contributed by atoms with E-state index in [1.54, 1.807) is 18.2 Å². The molecule has 0 aromatic carbocycles. The van der Waals surface area contributed by atoms with E-state index < -0.39 is 0 Å². The SMILES string of the molecule is CC(C)(CO)COc1cccc(N)n1. The molecule has 1 heterocycles. The molecule has 0 radical (unpaired) electrons. The maximum absolute atomic E-state index is 9.00. The van der Waals surface area contributed by atoms with Crippen molar-refractivity contribution in [3.8, 4) is 5.88 Å². The molecule has 4 heteroatoms. The van der Waals surface area contributed by atoms with Crippen molar-refractivity contribution < 1.29 is 9.84 Å². The van der Waals surface area contributed by atoms with Crippen LogP contribution in [0.5, 0.6) is 5.88 Å². The van der Waals surface area contributed by atoms with E-state index in [1.165, 1.54) is 0 Å². The first-order valence-corrected chi connectivity index (χ1v) is 4.50. The molecule has 78 valence electrons. The third kappa shape index (κ3) is 3.22. The minimum atomic E-state index is -0.258. The molecule has 1 aromatic heterocycles. The van der Waals surface area contributed by atoms with Gasteiger partial charge in [-0.15, -0.1) is 0 Å². The number of aliphatic hydroxyl groups excluding tert-OH is 1. The highest BCUT2D eigenvalue weighted by atomic mass is 16.5. The van der Waals surface area contributed by atoms with Gasteiger partial charge in [0, 0.05) is 11.5 Å². The third-order valence-corrected chi connectivity index (χ3v) is 1.78. The summed E-state index contributed by atoms with van der Waals surface area (Å²) in [6.45, 7) is 4.33. The lowest BCUT2D eigenvalue weighted by Gasteiger charge is -2.21. The molecule has 4 nitrogen and oxygen atoms in total. The number of aromatic nitrogens is 1. The number of hydrogen-bond donors (Lipinski definition) is 2. The van der Waals surface area contributed by atoms with Crippen molar-refractivity contribution >= 4 is 5.82 Å². The van der Waals surface area contributed by atoms with Crippen LogP contribution in [0.4, 0.5) is 5.82 Å². The standard InChI is InChI=1S/C10H16N2O2/c1-10(2,6-13)7-14-9-5-3-4-8(11)12-9/h3-5,13H,6-7H2,1-2H3,(H2,11,12). The molecule has 0 bridgehead atoms. The molecule has 0 fully saturated rings. The Morgan fingerprint density at radius 1 is 1.50 bits per heavy atom. The molecule has 1 aromatic rings. The smallest absolute Gasteiger partial charge is 0.215 e. The van der Waals surface area contributed by atoms with Crippen LogP contribution in [0.15, 0.2) is 18.2 Å². The normalized spacial score (nSPS) is 11.4. The quantitative estimate of drug-likeness (QED) is 0.755. The van der Waals surface area contributed by atoms with E-state index in [4.69, 9.17) is 15.6 Å². The molecule has 0 saturated heterocycles. The summed E-state index contributed by atoms with van der Waals surface area (Å²) < 4.78 is 5.39. The molecule has 0 aliphatic rings. The van der Waals surface area contributed by atoms with Gasteiger partial charge in [-0.05, 0) is 6.07 Å². The molecular weight excluding hydrogens is 180 g/mol. The summed E-state index contributed by atoms with van der Waals surface area (Å²) in [5, 5.41) is 9.00. The van der Waals surface area contributed by atoms with E-state index in [2.05, 4.69) is 4.98 Å². The molecule has 0 saturated carbocycles. The molecule has 0 aliphatic carbocycles. The zero-order valence-corrected chi connectivity index (χ0v) is 8.53. The molecule has 0 spiro atoms. The van der Waals surface area contributed by atoms with Gasteiger partial charge in [0.2, 0.25) is 5.88 Å². The van der Waals surface area contributed by atoms with E-state index in [0.717, 1.165) is 0 Å². The molecule has 14 heavy (non-hydrogen) atoms. The lowest BCUT2D eigenvalue weighted by atomic mass is 9.97. The van der Waals surface area contributed by atoms with Crippen LogP contribution in [0.1, 0.15) is 13.8 Å². The van der Waals surface area contributed by atoms with E-state index in [9.17, 15) is 0 Å². The highest BCUT2D eigenvalue weighted by molar-refractivity contribution is 5.31. The minimum Gasteiger partial charge on any atom is -0.477 e. The van der Waals surface area contributed by atoms with Crippen molar-refractivity contribution in [2.75, 3.05) is 18.9 Å². The summed E-state index contributed by atoms with van der Waals surface area (Å²) in [4.78, 5) is 3.98. The van der Waals surface area contributed by atoms with Gasteiger partial charge < -0.3 is 15.6 Å². The second-order valence-corrected chi connectivity index (χ2v) is 4.01. The highest BCUT2D eigenvalue weighted by Gasteiger charge is 2.17. The van der Waals surface area contributed by atoms with Crippen molar-refractivity contribution in [1.29, 1.82) is 0 Å². The van der Waals surface area contributed by atoms with Crippen LogP contribution >= 0.6 is 0 Å². The van der Waals surface area contributed by atoms with Gasteiger partial charge in [0.25, 0.3) is 0 Å². The van der Waals surface area contributed by atoms with Crippen molar-refractivity contribution in [1.82, 2.24) is 4.98 Å². The number of pyridine rings is 1. The van der Waals surface area contributed by atoms with Crippen LogP contribution in [0, 0.1) is 5.41 Å². The second kappa shape index (κ2) is 4.28. The summed E-state index contributed by atoms with van der Waals surface area (Å²) in [6.07, 6.45) is 0. The number of aliphatic hydroxyl groups is 1. The Labute approximate surface area is 83.7 Å². The minimum absolute atomic E-state index is 0.0787. The summed E-state index contributed by atoms with van der Waals surface area (Å²) in [5.41, 5.74) is 5.23. The molecular formula is C10H16N2O2. The second-order valence-electron chi connectivity index (χ2n) is 4.01. The van der Waals surface area contributed by atoms with Crippen LogP contribution in [0.25, 0.3) is 0 Å². The fraction of sp³-hybridized carbons (Fsp3) is 0.500. The Morgan fingerprint density at radius 3 is 2.79 bits per heavy atom. The number of nitrogen functional groups attached to an aromatic ring is 1. The molecule has 0 aliphatic heterocycles. The summed E-state index contributed by atoms with van der Waals surface area (Å²) in [5.74, 6) is 0.927. The zero-order valence-electron chi connectivity index (χ0n) is 8.53. The Bertz CT molecular complexity index is 300. The zero-order chi connectivity index (χ0) is 10.6. The Morgan fingerprint density at radius 2 is 2.21 bits per heavy atom. The number of nitrogens with two attached hydrogens (primary N) is 1. The summed E-state index contributed by atoms with van der Waals surface area (Å²) in [6, 6.07) is 5.22. The molecule has 1 rings (SSSR count). The average Bonchev–Trinajstić information content (AvgIpc) is 2.15. The molecule has 0 amide bonds. The lowest BCUT2D eigenvalue weighted by molar-refractivity contribution is 0.0952. The van der Waals surface area contributed by atoms with E-state index in [1.807, 2.05) is 13.8 Å². The predicted octanol–water partition coefficient (Wildman–Crippen LogP) is 1.06. The van der Waals surface area contributed by atoms with E-state index >= 15 is 0 Å². The van der Waals surface area contributed by atoms with Crippen molar-refractivity contribution in [2.24, 2.45) is 5.41 Å². The average molecular weight is 196 g/mol. The highest BCUT2D eigenvalue weighted by Crippen LogP contribution is 2.16. The van der Waals surface area contributed by atoms with Gasteiger partial charge in [-0.2, -0.15) is 4.98 Å². The van der Waals surface area contributed by atoms with Gasteiger partial charge in [-0.1, -0.05) is 19.9 Å². The lowest BCUT2D eigenvalue weighted by Crippen LogP contribution is -2.25. The largest absolute Gasteiger partial charge is 0.477 e.